The fourth-order valence-electron chi connectivity index (χ4n) is 2.17. The maximum absolute atomic E-state index is 5.65. The van der Waals surface area contributed by atoms with Crippen molar-refractivity contribution in [1.82, 2.24) is 0 Å². The van der Waals surface area contributed by atoms with Gasteiger partial charge in [-0.05, 0) is 37.1 Å². The predicted octanol–water partition coefficient (Wildman–Crippen LogP) is 3.69. The number of rotatable bonds is 7. The second kappa shape index (κ2) is 6.88. The lowest BCUT2D eigenvalue weighted by atomic mass is 10.2. The molecular weight excluding hydrogens is 266 g/mol. The summed E-state index contributed by atoms with van der Waals surface area (Å²) in [4.78, 5) is 0. The van der Waals surface area contributed by atoms with Crippen LogP contribution in [0.3, 0.4) is 0 Å². The van der Waals surface area contributed by atoms with Gasteiger partial charge in [0.05, 0.1) is 6.61 Å². The SMILES string of the molecule is c1ccc(OCCCCNc2ccc3c(c2)OCO3)cc1. The third kappa shape index (κ3) is 3.81. The highest BCUT2D eigenvalue weighted by atomic mass is 16.7. The minimum atomic E-state index is 0.315. The summed E-state index contributed by atoms with van der Waals surface area (Å²) in [6.07, 6.45) is 2.08. The molecule has 1 N–H and O–H groups in total. The minimum Gasteiger partial charge on any atom is -0.494 e. The van der Waals surface area contributed by atoms with E-state index in [1.165, 1.54) is 0 Å². The van der Waals surface area contributed by atoms with Gasteiger partial charge in [-0.2, -0.15) is 0 Å². The van der Waals surface area contributed by atoms with Gasteiger partial charge >= 0.3 is 0 Å². The summed E-state index contributed by atoms with van der Waals surface area (Å²) >= 11 is 0. The molecule has 0 radical (unpaired) electrons. The zero-order valence-electron chi connectivity index (χ0n) is 11.9. The summed E-state index contributed by atoms with van der Waals surface area (Å²) in [5.41, 5.74) is 1.06. The van der Waals surface area contributed by atoms with Crippen LogP contribution in [0.2, 0.25) is 0 Å². The van der Waals surface area contributed by atoms with E-state index >= 15 is 0 Å². The van der Waals surface area contributed by atoms with Crippen molar-refractivity contribution in [2.24, 2.45) is 0 Å². The number of ether oxygens (including phenoxy) is 3. The zero-order valence-corrected chi connectivity index (χ0v) is 11.9. The monoisotopic (exact) mass is 285 g/mol. The highest BCUT2D eigenvalue weighted by Crippen LogP contribution is 2.34. The molecule has 0 fully saturated rings. The number of hydrogen-bond donors (Lipinski definition) is 1. The number of para-hydroxylation sites is 1. The second-order valence-corrected chi connectivity index (χ2v) is 4.86. The Bertz CT molecular complexity index is 572. The fraction of sp³-hybridized carbons (Fsp3) is 0.294. The van der Waals surface area contributed by atoms with Crippen LogP contribution in [0.5, 0.6) is 17.2 Å². The Hall–Kier alpha value is -2.36. The first-order chi connectivity index (χ1) is 10.4. The van der Waals surface area contributed by atoms with Crippen molar-refractivity contribution >= 4 is 5.69 Å². The van der Waals surface area contributed by atoms with E-state index in [1.54, 1.807) is 0 Å². The van der Waals surface area contributed by atoms with Crippen molar-refractivity contribution in [3.63, 3.8) is 0 Å². The maximum Gasteiger partial charge on any atom is 0.231 e. The van der Waals surface area contributed by atoms with Gasteiger partial charge in [-0.15, -0.1) is 0 Å². The molecule has 0 amide bonds. The quantitative estimate of drug-likeness (QED) is 0.788. The molecule has 0 spiro atoms. The standard InChI is InChI=1S/C17H19NO3/c1-2-6-15(7-3-1)19-11-5-4-10-18-14-8-9-16-17(12-14)21-13-20-16/h1-3,6-9,12,18H,4-5,10-11,13H2. The lowest BCUT2D eigenvalue weighted by Gasteiger charge is -2.08. The van der Waals surface area contributed by atoms with E-state index in [4.69, 9.17) is 14.2 Å². The first kappa shape index (κ1) is 13.6. The molecule has 2 aromatic carbocycles. The fourth-order valence-corrected chi connectivity index (χ4v) is 2.17. The first-order valence-electron chi connectivity index (χ1n) is 7.23. The van der Waals surface area contributed by atoms with E-state index in [0.717, 1.165) is 48.9 Å². The largest absolute Gasteiger partial charge is 0.494 e. The Balaban J connectivity index is 1.33. The zero-order chi connectivity index (χ0) is 14.3. The number of unbranched alkanes of at least 4 members (excludes halogenated alkanes) is 1. The Kier molecular flexibility index (Phi) is 4.46. The molecule has 2 aromatic rings. The molecule has 3 rings (SSSR count). The van der Waals surface area contributed by atoms with Crippen LogP contribution in [0.25, 0.3) is 0 Å². The molecule has 1 aliphatic heterocycles. The second-order valence-electron chi connectivity index (χ2n) is 4.86. The molecule has 0 bridgehead atoms. The van der Waals surface area contributed by atoms with Gasteiger partial charge < -0.3 is 19.5 Å². The molecule has 4 nitrogen and oxygen atoms in total. The molecule has 0 atom stereocenters. The van der Waals surface area contributed by atoms with Gasteiger partial charge in [0.25, 0.3) is 0 Å². The van der Waals surface area contributed by atoms with Crippen molar-refractivity contribution in [2.75, 3.05) is 25.3 Å². The summed E-state index contributed by atoms with van der Waals surface area (Å²) in [7, 11) is 0. The van der Waals surface area contributed by atoms with Gasteiger partial charge in [-0.1, -0.05) is 18.2 Å². The highest BCUT2D eigenvalue weighted by Gasteiger charge is 2.12. The van der Waals surface area contributed by atoms with Crippen molar-refractivity contribution < 1.29 is 14.2 Å². The van der Waals surface area contributed by atoms with Crippen molar-refractivity contribution in [3.05, 3.63) is 48.5 Å². The Morgan fingerprint density at radius 2 is 1.81 bits per heavy atom. The third-order valence-corrected chi connectivity index (χ3v) is 3.28. The molecule has 1 aliphatic rings. The van der Waals surface area contributed by atoms with Crippen LogP contribution in [0, 0.1) is 0 Å². The van der Waals surface area contributed by atoms with Gasteiger partial charge in [-0.3, -0.25) is 0 Å². The number of hydrogen-bond acceptors (Lipinski definition) is 4. The van der Waals surface area contributed by atoms with E-state index in [-0.39, 0.29) is 0 Å². The topological polar surface area (TPSA) is 39.7 Å². The van der Waals surface area contributed by atoms with Crippen LogP contribution >= 0.6 is 0 Å². The van der Waals surface area contributed by atoms with Crippen LogP contribution in [-0.4, -0.2) is 19.9 Å². The Morgan fingerprint density at radius 1 is 0.952 bits per heavy atom. The summed E-state index contributed by atoms with van der Waals surface area (Å²) in [5, 5.41) is 3.38. The van der Waals surface area contributed by atoms with Crippen LogP contribution in [0.1, 0.15) is 12.8 Å². The molecule has 0 unspecified atom stereocenters. The van der Waals surface area contributed by atoms with Crippen molar-refractivity contribution in [1.29, 1.82) is 0 Å². The molecule has 0 aliphatic carbocycles. The first-order valence-corrected chi connectivity index (χ1v) is 7.23. The summed E-state index contributed by atoms with van der Waals surface area (Å²) in [5.74, 6) is 2.56. The van der Waals surface area contributed by atoms with E-state index in [2.05, 4.69) is 5.32 Å². The predicted molar refractivity (Wildman–Crippen MR) is 82.2 cm³/mol. The van der Waals surface area contributed by atoms with Gasteiger partial charge in [0.2, 0.25) is 6.79 Å². The molecule has 0 aromatic heterocycles. The molecule has 4 heteroatoms. The molecule has 0 saturated heterocycles. The number of anilines is 1. The average Bonchev–Trinajstić information content (AvgIpc) is 2.99. The smallest absolute Gasteiger partial charge is 0.231 e. The van der Waals surface area contributed by atoms with Crippen LogP contribution in [0.4, 0.5) is 5.69 Å². The lowest BCUT2D eigenvalue weighted by Crippen LogP contribution is -2.04. The lowest BCUT2D eigenvalue weighted by molar-refractivity contribution is 0.174. The number of fused-ring (bicyclic) bond motifs is 1. The third-order valence-electron chi connectivity index (χ3n) is 3.28. The average molecular weight is 285 g/mol. The van der Waals surface area contributed by atoms with Crippen molar-refractivity contribution in [2.45, 2.75) is 12.8 Å². The van der Waals surface area contributed by atoms with Gasteiger partial charge in [0, 0.05) is 18.3 Å². The van der Waals surface area contributed by atoms with Crippen molar-refractivity contribution in [3.8, 4) is 17.2 Å². The Labute approximate surface area is 124 Å². The molecular formula is C17H19NO3. The summed E-state index contributed by atoms with van der Waals surface area (Å²) < 4.78 is 16.3. The van der Waals surface area contributed by atoms with Gasteiger partial charge in [0.15, 0.2) is 11.5 Å². The summed E-state index contributed by atoms with van der Waals surface area (Å²) in [6, 6.07) is 15.8. The maximum atomic E-state index is 5.65. The van der Waals surface area contributed by atoms with Gasteiger partial charge in [-0.25, -0.2) is 0 Å². The molecule has 21 heavy (non-hydrogen) atoms. The molecule has 1 heterocycles. The Morgan fingerprint density at radius 3 is 2.71 bits per heavy atom. The van der Waals surface area contributed by atoms with Crippen LogP contribution in [0.15, 0.2) is 48.5 Å². The number of benzene rings is 2. The molecule has 110 valence electrons. The van der Waals surface area contributed by atoms with E-state index in [0.29, 0.717) is 6.79 Å². The highest BCUT2D eigenvalue weighted by molar-refractivity contribution is 5.55. The number of nitrogens with one attached hydrogen (secondary N) is 1. The van der Waals surface area contributed by atoms with E-state index in [1.807, 2.05) is 48.5 Å². The molecule has 0 saturated carbocycles. The van der Waals surface area contributed by atoms with Gasteiger partial charge in [0.1, 0.15) is 5.75 Å². The van der Waals surface area contributed by atoms with Crippen LogP contribution in [-0.2, 0) is 0 Å². The van der Waals surface area contributed by atoms with Crippen LogP contribution < -0.4 is 19.5 Å². The minimum absolute atomic E-state index is 0.315. The normalized spacial score (nSPS) is 12.2. The van der Waals surface area contributed by atoms with E-state index in [9.17, 15) is 0 Å². The summed E-state index contributed by atoms with van der Waals surface area (Å²) in [6.45, 7) is 1.97. The van der Waals surface area contributed by atoms with E-state index < -0.39 is 0 Å².